The number of hydrogen-bond donors (Lipinski definition) is 4. The summed E-state index contributed by atoms with van der Waals surface area (Å²) in [4.78, 5) is 4.00. The quantitative estimate of drug-likeness (QED) is 0.444. The molecule has 0 spiro atoms. The van der Waals surface area contributed by atoms with E-state index >= 15 is 0 Å². The summed E-state index contributed by atoms with van der Waals surface area (Å²) in [6, 6.07) is 0. The first-order valence-corrected chi connectivity index (χ1v) is 3.97. The summed E-state index contributed by atoms with van der Waals surface area (Å²) >= 11 is 0. The lowest BCUT2D eigenvalue weighted by molar-refractivity contribution is 0.576. The minimum absolute atomic E-state index is 0. The summed E-state index contributed by atoms with van der Waals surface area (Å²) in [5.74, 6) is 0.542. The first-order chi connectivity index (χ1) is 5.56. The Morgan fingerprint density at radius 3 is 2.20 bits per heavy atom. The van der Waals surface area contributed by atoms with Gasteiger partial charge in [0.15, 0.2) is 11.9 Å². The number of nitrogens with two attached hydrogens (primary N) is 2. The average Bonchev–Trinajstić information content (AvgIpc) is 1.99. The second-order valence-corrected chi connectivity index (χ2v) is 2.78. The van der Waals surface area contributed by atoms with Crippen LogP contribution in [0.1, 0.15) is 35.1 Å². The summed E-state index contributed by atoms with van der Waals surface area (Å²) in [6.07, 6.45) is 1.07. The van der Waals surface area contributed by atoms with Crippen molar-refractivity contribution in [1.82, 2.24) is 5.32 Å². The highest BCUT2D eigenvalue weighted by atomic mass is 35.5. The number of halogens is 1. The first-order valence-electron chi connectivity index (χ1n) is 3.97. The highest BCUT2D eigenvalue weighted by Gasteiger charge is 1.97. The van der Waals surface area contributed by atoms with Gasteiger partial charge in [0, 0.05) is 6.54 Å². The van der Waals surface area contributed by atoms with Crippen molar-refractivity contribution in [2.75, 3.05) is 6.54 Å². The molecule has 0 fully saturated rings. The zero-order valence-corrected chi connectivity index (χ0v) is 8.82. The molecule has 0 bridgehead atoms. The third kappa shape index (κ3) is 15.8. The Bertz CT molecular complexity index is 181. The number of nitrogens with zero attached hydrogens (tertiary/aromatic N) is 1. The predicted molar refractivity (Wildman–Crippen MR) is 71.7 cm³/mol. The smallest absolute Gasteiger partial charge is 0.195 e. The van der Waals surface area contributed by atoms with Crippen molar-refractivity contribution in [1.29, 1.82) is 5.41 Å². The summed E-state index contributed by atoms with van der Waals surface area (Å²) in [5.41, 5.74) is 10.4. The molecule has 15 heavy (non-hydrogen) atoms. The molecule has 5 nitrogen and oxygen atoms in total. The molecule has 94 valence electrons. The Labute approximate surface area is 99.6 Å². The topological polar surface area (TPSA) is 100 Å². The fraction of sp³-hybridized carbons (Fsp3) is 0.778. The fourth-order valence-corrected chi connectivity index (χ4v) is 0.561. The number of aliphatic imine (C=N–C) groups is 1. The van der Waals surface area contributed by atoms with Crippen LogP contribution >= 0.6 is 12.4 Å². The zero-order chi connectivity index (χ0) is 9.56. The van der Waals surface area contributed by atoms with Crippen molar-refractivity contribution in [3.05, 3.63) is 0 Å². The van der Waals surface area contributed by atoms with Crippen LogP contribution in [0.15, 0.2) is 4.99 Å². The molecule has 0 amide bonds. The molecular formula is C9H26ClN5. The zero-order valence-electron chi connectivity index (χ0n) is 8.00. The number of rotatable bonds is 3. The lowest BCUT2D eigenvalue weighted by Crippen LogP contribution is -2.41. The van der Waals surface area contributed by atoms with Crippen LogP contribution in [0.3, 0.4) is 0 Å². The van der Waals surface area contributed by atoms with E-state index < -0.39 is 0 Å². The van der Waals surface area contributed by atoms with E-state index in [9.17, 15) is 0 Å². The van der Waals surface area contributed by atoms with E-state index in [1.807, 2.05) is 0 Å². The SMILES string of the molecule is C.C.CCC(C)CN=C(N)NC(=N)N.Cl. The average molecular weight is 240 g/mol. The number of nitrogens with one attached hydrogen (secondary N) is 2. The molecule has 0 aromatic carbocycles. The van der Waals surface area contributed by atoms with Crippen molar-refractivity contribution >= 4 is 24.3 Å². The Hall–Kier alpha value is -0.970. The lowest BCUT2D eigenvalue weighted by Gasteiger charge is -2.05. The minimum atomic E-state index is -0.180. The summed E-state index contributed by atoms with van der Waals surface area (Å²) in [6.45, 7) is 4.85. The van der Waals surface area contributed by atoms with Gasteiger partial charge in [0.1, 0.15) is 0 Å². The van der Waals surface area contributed by atoms with Crippen molar-refractivity contribution in [2.45, 2.75) is 35.1 Å². The van der Waals surface area contributed by atoms with Crippen LogP contribution in [0.4, 0.5) is 0 Å². The molecule has 0 radical (unpaired) electrons. The largest absolute Gasteiger partial charge is 0.370 e. The van der Waals surface area contributed by atoms with Crippen LogP contribution in [0.5, 0.6) is 0 Å². The van der Waals surface area contributed by atoms with E-state index in [0.29, 0.717) is 12.5 Å². The van der Waals surface area contributed by atoms with Crippen LogP contribution in [0, 0.1) is 11.3 Å². The van der Waals surface area contributed by atoms with Gasteiger partial charge in [0.05, 0.1) is 0 Å². The standard InChI is InChI=1S/C7H17N5.2CH4.ClH/c1-3-5(2)4-11-7(10)12-6(8)9;;;/h5H,3-4H2,1-2H3,(H6,8,9,10,11,12);2*1H4;1H. The molecule has 0 saturated carbocycles. The van der Waals surface area contributed by atoms with Crippen LogP contribution in [-0.4, -0.2) is 18.5 Å². The van der Waals surface area contributed by atoms with Crippen LogP contribution in [-0.2, 0) is 0 Å². The number of hydrogen-bond acceptors (Lipinski definition) is 2. The summed E-state index contributed by atoms with van der Waals surface area (Å²) in [7, 11) is 0. The van der Waals surface area contributed by atoms with Crippen molar-refractivity contribution in [3.8, 4) is 0 Å². The van der Waals surface area contributed by atoms with E-state index in [1.54, 1.807) is 0 Å². The Kier molecular flexibility index (Phi) is 20.6. The molecule has 0 rings (SSSR count). The van der Waals surface area contributed by atoms with Gasteiger partial charge in [-0.3, -0.25) is 15.7 Å². The minimum Gasteiger partial charge on any atom is -0.370 e. The van der Waals surface area contributed by atoms with E-state index in [-0.39, 0.29) is 39.2 Å². The normalized spacial score (nSPS) is 11.2. The van der Waals surface area contributed by atoms with Gasteiger partial charge in [0.2, 0.25) is 0 Å². The Balaban J connectivity index is -0.000000202. The van der Waals surface area contributed by atoms with Gasteiger partial charge in [-0.05, 0) is 5.92 Å². The molecule has 0 aliphatic rings. The van der Waals surface area contributed by atoms with Gasteiger partial charge in [-0.1, -0.05) is 35.1 Å². The molecule has 0 aliphatic carbocycles. The fourth-order valence-electron chi connectivity index (χ4n) is 0.561. The van der Waals surface area contributed by atoms with Crippen LogP contribution in [0.25, 0.3) is 0 Å². The Morgan fingerprint density at radius 2 is 1.87 bits per heavy atom. The molecule has 1 atom stereocenters. The molecule has 0 saturated heterocycles. The van der Waals surface area contributed by atoms with E-state index in [0.717, 1.165) is 6.42 Å². The van der Waals surface area contributed by atoms with Gasteiger partial charge >= 0.3 is 0 Å². The maximum absolute atomic E-state index is 6.86. The van der Waals surface area contributed by atoms with E-state index in [4.69, 9.17) is 16.9 Å². The van der Waals surface area contributed by atoms with Crippen LogP contribution in [0.2, 0.25) is 0 Å². The molecule has 0 aliphatic heterocycles. The molecule has 0 heterocycles. The molecule has 0 aromatic heterocycles. The summed E-state index contributed by atoms with van der Waals surface area (Å²) < 4.78 is 0. The highest BCUT2D eigenvalue weighted by Crippen LogP contribution is 1.99. The molecule has 6 N–H and O–H groups in total. The molecule has 1 unspecified atom stereocenters. The number of guanidine groups is 2. The molecule has 6 heteroatoms. The third-order valence-electron chi connectivity index (χ3n) is 1.53. The van der Waals surface area contributed by atoms with Crippen molar-refractivity contribution in [3.63, 3.8) is 0 Å². The maximum Gasteiger partial charge on any atom is 0.195 e. The molecular weight excluding hydrogens is 214 g/mol. The molecule has 0 aromatic rings. The van der Waals surface area contributed by atoms with E-state index in [1.165, 1.54) is 0 Å². The maximum atomic E-state index is 6.86. The monoisotopic (exact) mass is 239 g/mol. The van der Waals surface area contributed by atoms with E-state index in [2.05, 4.69) is 24.2 Å². The van der Waals surface area contributed by atoms with Crippen molar-refractivity contribution in [2.24, 2.45) is 22.4 Å². The Morgan fingerprint density at radius 1 is 1.40 bits per heavy atom. The van der Waals surface area contributed by atoms with Crippen molar-refractivity contribution < 1.29 is 0 Å². The predicted octanol–water partition coefficient (Wildman–Crippen LogP) is 1.52. The van der Waals surface area contributed by atoms with Gasteiger partial charge in [-0.2, -0.15) is 0 Å². The second kappa shape index (κ2) is 13.0. The van der Waals surface area contributed by atoms with Gasteiger partial charge in [-0.15, -0.1) is 12.4 Å². The van der Waals surface area contributed by atoms with Crippen LogP contribution < -0.4 is 16.8 Å². The van der Waals surface area contributed by atoms with Gasteiger partial charge in [-0.25, -0.2) is 0 Å². The second-order valence-electron chi connectivity index (χ2n) is 2.78. The first kappa shape index (κ1) is 23.7. The summed E-state index contributed by atoms with van der Waals surface area (Å²) in [5, 5.41) is 9.27. The van der Waals surface area contributed by atoms with Gasteiger partial charge in [0.25, 0.3) is 0 Å². The van der Waals surface area contributed by atoms with Gasteiger partial charge < -0.3 is 11.5 Å². The third-order valence-corrected chi connectivity index (χ3v) is 1.53. The highest BCUT2D eigenvalue weighted by molar-refractivity contribution is 5.95. The lowest BCUT2D eigenvalue weighted by atomic mass is 10.1.